The molecule has 0 amide bonds. The smallest absolute Gasteiger partial charge is 0.122 e. The molecule has 0 N–H and O–H groups in total. The van der Waals surface area contributed by atoms with Crippen molar-refractivity contribution in [3.63, 3.8) is 0 Å². The summed E-state index contributed by atoms with van der Waals surface area (Å²) in [6.07, 6.45) is 2.81. The Labute approximate surface area is 87.4 Å². The van der Waals surface area contributed by atoms with Crippen molar-refractivity contribution in [2.75, 3.05) is 7.11 Å². The van der Waals surface area contributed by atoms with E-state index in [1.165, 1.54) is 11.1 Å². The number of hydrogen-bond donors (Lipinski definition) is 0. The summed E-state index contributed by atoms with van der Waals surface area (Å²) in [5.74, 6) is 0.953. The Bertz CT molecular complexity index is 277. The van der Waals surface area contributed by atoms with Gasteiger partial charge in [0.1, 0.15) is 5.75 Å². The van der Waals surface area contributed by atoms with E-state index in [0.717, 1.165) is 12.2 Å². The molecule has 0 saturated heterocycles. The Hall–Kier alpha value is -1.24. The fourth-order valence-electron chi connectivity index (χ4n) is 1.26. The van der Waals surface area contributed by atoms with E-state index < -0.39 is 0 Å². The molecule has 1 aromatic carbocycles. The van der Waals surface area contributed by atoms with Crippen LogP contribution in [0.4, 0.5) is 0 Å². The third-order valence-electron chi connectivity index (χ3n) is 1.98. The Morgan fingerprint density at radius 1 is 1.36 bits per heavy atom. The Kier molecular flexibility index (Phi) is 6.55. The average molecular weight is 192 g/mol. The van der Waals surface area contributed by atoms with Gasteiger partial charge in [0.25, 0.3) is 0 Å². The van der Waals surface area contributed by atoms with Crippen LogP contribution >= 0.6 is 0 Å². The molecule has 0 unspecified atom stereocenters. The van der Waals surface area contributed by atoms with Gasteiger partial charge in [0.2, 0.25) is 0 Å². The average Bonchev–Trinajstić information content (AvgIpc) is 2.24. The number of hydrogen-bond acceptors (Lipinski definition) is 1. The first-order valence-electron chi connectivity index (χ1n) is 5.03. The van der Waals surface area contributed by atoms with Gasteiger partial charge in [-0.2, -0.15) is 0 Å². The highest BCUT2D eigenvalue weighted by atomic mass is 16.5. The van der Waals surface area contributed by atoms with Crippen LogP contribution in [0, 0.1) is 6.92 Å². The molecule has 0 radical (unpaired) electrons. The highest BCUT2D eigenvalue weighted by Gasteiger charge is 2.00. The first kappa shape index (κ1) is 12.8. The normalized spacial score (nSPS) is 8.57. The highest BCUT2D eigenvalue weighted by molar-refractivity contribution is 5.39. The second-order valence-electron chi connectivity index (χ2n) is 2.74. The topological polar surface area (TPSA) is 9.23 Å². The van der Waals surface area contributed by atoms with Crippen molar-refractivity contribution in [2.45, 2.75) is 27.2 Å². The maximum Gasteiger partial charge on any atom is 0.122 e. The molecule has 0 aliphatic carbocycles. The predicted octanol–water partition coefficient (Wildman–Crippen LogP) is 3.76. The molecule has 14 heavy (non-hydrogen) atoms. The van der Waals surface area contributed by atoms with Crippen LogP contribution in [0.1, 0.15) is 25.0 Å². The fourth-order valence-corrected chi connectivity index (χ4v) is 1.26. The van der Waals surface area contributed by atoms with E-state index in [4.69, 9.17) is 4.74 Å². The maximum absolute atomic E-state index is 5.20. The summed E-state index contributed by atoms with van der Waals surface area (Å²) in [5, 5.41) is 0. The van der Waals surface area contributed by atoms with Crippen molar-refractivity contribution >= 4 is 0 Å². The van der Waals surface area contributed by atoms with Crippen molar-refractivity contribution in [3.05, 3.63) is 42.0 Å². The lowest BCUT2D eigenvalue weighted by Gasteiger charge is -2.07. The fraction of sp³-hybridized carbons (Fsp3) is 0.385. The molecule has 0 atom stereocenters. The molecule has 1 nitrogen and oxygen atoms in total. The molecular weight excluding hydrogens is 172 g/mol. The van der Waals surface area contributed by atoms with Gasteiger partial charge in [0.05, 0.1) is 7.11 Å². The first-order valence-corrected chi connectivity index (χ1v) is 5.03. The minimum absolute atomic E-state index is 0.906. The summed E-state index contributed by atoms with van der Waals surface area (Å²) in [6, 6.07) is 6.08. The lowest BCUT2D eigenvalue weighted by Crippen LogP contribution is -1.91. The summed E-state index contributed by atoms with van der Waals surface area (Å²) in [5.41, 5.74) is 2.49. The van der Waals surface area contributed by atoms with E-state index in [2.05, 4.69) is 19.6 Å². The molecule has 0 saturated carbocycles. The zero-order valence-corrected chi connectivity index (χ0v) is 9.63. The van der Waals surface area contributed by atoms with Crippen LogP contribution in [-0.4, -0.2) is 7.11 Å². The lowest BCUT2D eigenvalue weighted by molar-refractivity contribution is 0.411. The minimum atomic E-state index is 0.906. The molecule has 78 valence electrons. The van der Waals surface area contributed by atoms with Gasteiger partial charge < -0.3 is 4.74 Å². The largest absolute Gasteiger partial charge is 0.496 e. The van der Waals surface area contributed by atoms with Crippen molar-refractivity contribution in [2.24, 2.45) is 0 Å². The van der Waals surface area contributed by atoms with Crippen LogP contribution in [0.5, 0.6) is 5.75 Å². The number of methoxy groups -OCH3 is 1. The molecule has 0 aliphatic heterocycles. The Morgan fingerprint density at radius 3 is 2.50 bits per heavy atom. The predicted molar refractivity (Wildman–Crippen MR) is 63.0 cm³/mol. The molecule has 1 rings (SSSR count). The van der Waals surface area contributed by atoms with Gasteiger partial charge >= 0.3 is 0 Å². The van der Waals surface area contributed by atoms with Crippen molar-refractivity contribution in [1.82, 2.24) is 0 Å². The van der Waals surface area contributed by atoms with Crippen molar-refractivity contribution in [3.8, 4) is 5.75 Å². The van der Waals surface area contributed by atoms with Crippen LogP contribution in [0.15, 0.2) is 30.9 Å². The third-order valence-corrected chi connectivity index (χ3v) is 1.98. The standard InChI is InChI=1S/C11H14O.C2H6/c1-4-6-10-7-5-8-11(12-3)9(10)2;1-2/h4-5,7-8H,1,6H2,2-3H3;1-2H3. The molecule has 0 aliphatic rings. The number of ether oxygens (including phenoxy) is 1. The molecule has 1 heteroatoms. The second-order valence-corrected chi connectivity index (χ2v) is 2.74. The van der Waals surface area contributed by atoms with Gasteiger partial charge in [0.15, 0.2) is 0 Å². The van der Waals surface area contributed by atoms with E-state index in [-0.39, 0.29) is 0 Å². The van der Waals surface area contributed by atoms with Crippen molar-refractivity contribution < 1.29 is 4.74 Å². The lowest BCUT2D eigenvalue weighted by atomic mass is 10.1. The molecule has 0 spiro atoms. The van der Waals surface area contributed by atoms with Crippen LogP contribution in [0.2, 0.25) is 0 Å². The molecule has 0 heterocycles. The quantitative estimate of drug-likeness (QED) is 0.663. The number of rotatable bonds is 3. The zero-order valence-electron chi connectivity index (χ0n) is 9.63. The van der Waals surface area contributed by atoms with Gasteiger partial charge in [-0.3, -0.25) is 0 Å². The number of allylic oxidation sites excluding steroid dienone is 1. The van der Waals surface area contributed by atoms with E-state index in [9.17, 15) is 0 Å². The summed E-state index contributed by atoms with van der Waals surface area (Å²) < 4.78 is 5.20. The zero-order chi connectivity index (χ0) is 11.0. The van der Waals surface area contributed by atoms with Gasteiger partial charge in [0, 0.05) is 0 Å². The summed E-state index contributed by atoms with van der Waals surface area (Å²) >= 11 is 0. The molecule has 0 fully saturated rings. The first-order chi connectivity index (χ1) is 6.79. The Balaban J connectivity index is 0.000000791. The summed E-state index contributed by atoms with van der Waals surface area (Å²) in [7, 11) is 1.69. The van der Waals surface area contributed by atoms with Gasteiger partial charge in [-0.15, -0.1) is 6.58 Å². The molecule has 1 aromatic rings. The van der Waals surface area contributed by atoms with E-state index in [0.29, 0.717) is 0 Å². The summed E-state index contributed by atoms with van der Waals surface area (Å²) in [4.78, 5) is 0. The highest BCUT2D eigenvalue weighted by Crippen LogP contribution is 2.21. The molecule has 0 aromatic heterocycles. The third kappa shape index (κ3) is 3.25. The summed E-state index contributed by atoms with van der Waals surface area (Å²) in [6.45, 7) is 9.78. The van der Waals surface area contributed by atoms with Crippen LogP contribution in [0.25, 0.3) is 0 Å². The van der Waals surface area contributed by atoms with Gasteiger partial charge in [-0.05, 0) is 30.5 Å². The second kappa shape index (κ2) is 7.19. The number of benzene rings is 1. The molecular formula is C13H20O. The van der Waals surface area contributed by atoms with E-state index >= 15 is 0 Å². The Morgan fingerprint density at radius 2 is 2.00 bits per heavy atom. The van der Waals surface area contributed by atoms with Crippen LogP contribution in [0.3, 0.4) is 0 Å². The van der Waals surface area contributed by atoms with Crippen molar-refractivity contribution in [1.29, 1.82) is 0 Å². The van der Waals surface area contributed by atoms with Crippen LogP contribution < -0.4 is 4.74 Å². The monoisotopic (exact) mass is 192 g/mol. The van der Waals surface area contributed by atoms with Gasteiger partial charge in [-0.1, -0.05) is 32.1 Å². The SMILES string of the molecule is C=CCc1cccc(OC)c1C.CC. The maximum atomic E-state index is 5.20. The van der Waals surface area contributed by atoms with Crippen LogP contribution in [-0.2, 0) is 6.42 Å². The van der Waals surface area contributed by atoms with E-state index in [1.54, 1.807) is 7.11 Å². The van der Waals surface area contributed by atoms with E-state index in [1.807, 2.05) is 32.1 Å². The molecule has 0 bridgehead atoms. The van der Waals surface area contributed by atoms with Gasteiger partial charge in [-0.25, -0.2) is 0 Å². The minimum Gasteiger partial charge on any atom is -0.496 e.